The van der Waals surface area contributed by atoms with Gasteiger partial charge in [-0.05, 0) is 17.7 Å². The molecular formula is C18H14N4O. The summed E-state index contributed by atoms with van der Waals surface area (Å²) in [6.45, 7) is 0. The third-order valence-corrected chi connectivity index (χ3v) is 3.46. The zero-order valence-electron chi connectivity index (χ0n) is 12.5. The molecule has 0 spiro atoms. The molecule has 5 nitrogen and oxygen atoms in total. The fourth-order valence-corrected chi connectivity index (χ4v) is 2.40. The first-order valence-electron chi connectivity index (χ1n) is 7.08. The third-order valence-electron chi connectivity index (χ3n) is 3.46. The highest BCUT2D eigenvalue weighted by Gasteiger charge is 2.15. The molecule has 1 amide bonds. The van der Waals surface area contributed by atoms with Crippen LogP contribution in [0.1, 0.15) is 15.9 Å². The van der Waals surface area contributed by atoms with Crippen LogP contribution in [0, 0.1) is 11.3 Å². The Morgan fingerprint density at radius 1 is 1.09 bits per heavy atom. The molecule has 0 radical (unpaired) electrons. The van der Waals surface area contributed by atoms with Gasteiger partial charge in [0.2, 0.25) is 0 Å². The van der Waals surface area contributed by atoms with Gasteiger partial charge < -0.3 is 5.32 Å². The molecule has 0 aliphatic rings. The Labute approximate surface area is 133 Å². The summed E-state index contributed by atoms with van der Waals surface area (Å²) >= 11 is 0. The Kier molecular flexibility index (Phi) is 3.89. The maximum Gasteiger partial charge on any atom is 0.257 e. The van der Waals surface area contributed by atoms with E-state index in [9.17, 15) is 10.1 Å². The van der Waals surface area contributed by atoms with Crippen LogP contribution in [0.3, 0.4) is 0 Å². The molecule has 2 aromatic carbocycles. The highest BCUT2D eigenvalue weighted by atomic mass is 16.1. The zero-order valence-corrected chi connectivity index (χ0v) is 12.5. The molecule has 1 heterocycles. The molecule has 0 unspecified atom stereocenters. The molecular weight excluding hydrogens is 288 g/mol. The number of anilines is 1. The predicted octanol–water partition coefficient (Wildman–Crippen LogP) is 3.21. The molecule has 0 saturated carbocycles. The van der Waals surface area contributed by atoms with E-state index in [1.54, 1.807) is 48.3 Å². The van der Waals surface area contributed by atoms with Gasteiger partial charge in [-0.15, -0.1) is 0 Å². The Hall–Kier alpha value is -3.39. The van der Waals surface area contributed by atoms with Crippen molar-refractivity contribution in [2.45, 2.75) is 0 Å². The van der Waals surface area contributed by atoms with Gasteiger partial charge >= 0.3 is 0 Å². The smallest absolute Gasteiger partial charge is 0.257 e. The summed E-state index contributed by atoms with van der Waals surface area (Å²) in [4.78, 5) is 12.6. The van der Waals surface area contributed by atoms with E-state index in [0.29, 0.717) is 16.9 Å². The monoisotopic (exact) mass is 302 g/mol. The van der Waals surface area contributed by atoms with Crippen LogP contribution in [-0.2, 0) is 7.05 Å². The summed E-state index contributed by atoms with van der Waals surface area (Å²) in [7, 11) is 1.78. The van der Waals surface area contributed by atoms with Crippen molar-refractivity contribution in [3.63, 3.8) is 0 Å². The number of hydrogen-bond acceptors (Lipinski definition) is 3. The van der Waals surface area contributed by atoms with Crippen LogP contribution in [0.5, 0.6) is 0 Å². The first kappa shape index (κ1) is 14.5. The minimum Gasteiger partial charge on any atom is -0.305 e. The van der Waals surface area contributed by atoms with Crippen LogP contribution in [-0.4, -0.2) is 15.7 Å². The lowest BCUT2D eigenvalue weighted by atomic mass is 9.95. The van der Waals surface area contributed by atoms with E-state index in [1.807, 2.05) is 24.3 Å². The summed E-state index contributed by atoms with van der Waals surface area (Å²) in [5.74, 6) is 0.230. The Balaban J connectivity index is 2.01. The number of carbonyl (C=O) groups is 1. The van der Waals surface area contributed by atoms with Crippen LogP contribution in [0.25, 0.3) is 11.1 Å². The molecule has 0 saturated heterocycles. The molecule has 1 aromatic heterocycles. The maximum absolute atomic E-state index is 12.6. The van der Waals surface area contributed by atoms with Crippen LogP contribution in [0.15, 0.2) is 60.8 Å². The van der Waals surface area contributed by atoms with Gasteiger partial charge in [0.05, 0.1) is 11.6 Å². The molecule has 0 fully saturated rings. The number of hydrogen-bond donors (Lipinski definition) is 1. The SMILES string of the molecule is Cn1ccc(NC(=O)c2ccccc2-c2ccccc2C#N)n1. The van der Waals surface area contributed by atoms with Crippen LogP contribution in [0.4, 0.5) is 5.82 Å². The van der Waals surface area contributed by atoms with Gasteiger partial charge in [-0.1, -0.05) is 36.4 Å². The average Bonchev–Trinajstić information content (AvgIpc) is 2.99. The second-order valence-corrected chi connectivity index (χ2v) is 5.03. The van der Waals surface area contributed by atoms with Crippen molar-refractivity contribution in [1.82, 2.24) is 9.78 Å². The quantitative estimate of drug-likeness (QED) is 0.807. The number of nitrogens with zero attached hydrogens (tertiary/aromatic N) is 3. The number of rotatable bonds is 3. The fourth-order valence-electron chi connectivity index (χ4n) is 2.40. The molecule has 0 aliphatic heterocycles. The van der Waals surface area contributed by atoms with E-state index in [-0.39, 0.29) is 5.91 Å². The standard InChI is InChI=1S/C18H14N4O/c1-22-11-10-17(21-22)20-18(23)16-9-5-4-8-15(16)14-7-3-2-6-13(14)12-19/h2-11H,1H3,(H,20,21,23). The largest absolute Gasteiger partial charge is 0.305 e. The molecule has 3 rings (SSSR count). The number of nitrogens with one attached hydrogen (secondary N) is 1. The number of carbonyl (C=O) groups excluding carboxylic acids is 1. The van der Waals surface area contributed by atoms with Gasteiger partial charge in [0.1, 0.15) is 0 Å². The molecule has 5 heteroatoms. The molecule has 3 aromatic rings. The van der Waals surface area contributed by atoms with Crippen molar-refractivity contribution < 1.29 is 4.79 Å². The van der Waals surface area contributed by atoms with Crippen LogP contribution >= 0.6 is 0 Å². The van der Waals surface area contributed by atoms with Crippen molar-refractivity contribution in [1.29, 1.82) is 5.26 Å². The van der Waals surface area contributed by atoms with Gasteiger partial charge in [0.25, 0.3) is 5.91 Å². The molecule has 0 bridgehead atoms. The highest BCUT2D eigenvalue weighted by Crippen LogP contribution is 2.27. The van der Waals surface area contributed by atoms with Crippen molar-refractivity contribution in [2.75, 3.05) is 5.32 Å². The lowest BCUT2D eigenvalue weighted by Gasteiger charge is -2.10. The van der Waals surface area contributed by atoms with E-state index in [0.717, 1.165) is 11.1 Å². The average molecular weight is 302 g/mol. The van der Waals surface area contributed by atoms with Gasteiger partial charge in [-0.3, -0.25) is 9.48 Å². The molecule has 23 heavy (non-hydrogen) atoms. The van der Waals surface area contributed by atoms with Crippen LogP contribution < -0.4 is 5.32 Å². The normalized spacial score (nSPS) is 10.1. The number of nitriles is 1. The molecule has 0 atom stereocenters. The van der Waals surface area contributed by atoms with E-state index < -0.39 is 0 Å². The topological polar surface area (TPSA) is 70.7 Å². The van der Waals surface area contributed by atoms with Crippen molar-refractivity contribution in [2.24, 2.45) is 7.05 Å². The molecule has 0 aliphatic carbocycles. The van der Waals surface area contributed by atoms with E-state index in [4.69, 9.17) is 0 Å². The van der Waals surface area contributed by atoms with Gasteiger partial charge in [-0.2, -0.15) is 10.4 Å². The molecule has 112 valence electrons. The minimum absolute atomic E-state index is 0.257. The lowest BCUT2D eigenvalue weighted by molar-refractivity contribution is 0.102. The van der Waals surface area contributed by atoms with E-state index in [2.05, 4.69) is 16.5 Å². The number of aryl methyl sites for hydroxylation is 1. The first-order chi connectivity index (χ1) is 11.2. The van der Waals surface area contributed by atoms with E-state index in [1.165, 1.54) is 0 Å². The van der Waals surface area contributed by atoms with Crippen molar-refractivity contribution in [3.05, 3.63) is 71.9 Å². The second-order valence-electron chi connectivity index (χ2n) is 5.03. The van der Waals surface area contributed by atoms with Crippen molar-refractivity contribution in [3.8, 4) is 17.2 Å². The van der Waals surface area contributed by atoms with Gasteiger partial charge in [0, 0.05) is 30.4 Å². The number of amides is 1. The highest BCUT2D eigenvalue weighted by molar-refractivity contribution is 6.08. The second kappa shape index (κ2) is 6.16. The first-order valence-corrected chi connectivity index (χ1v) is 7.08. The molecule has 1 N–H and O–H groups in total. The predicted molar refractivity (Wildman–Crippen MR) is 87.8 cm³/mol. The maximum atomic E-state index is 12.6. The summed E-state index contributed by atoms with van der Waals surface area (Å²) in [5, 5.41) is 16.2. The number of aromatic nitrogens is 2. The Morgan fingerprint density at radius 3 is 2.48 bits per heavy atom. The summed E-state index contributed by atoms with van der Waals surface area (Å²) in [5.41, 5.74) is 2.49. The Bertz CT molecular complexity index is 905. The third kappa shape index (κ3) is 2.97. The van der Waals surface area contributed by atoms with E-state index >= 15 is 0 Å². The van der Waals surface area contributed by atoms with Gasteiger partial charge in [0.15, 0.2) is 5.82 Å². The van der Waals surface area contributed by atoms with Gasteiger partial charge in [-0.25, -0.2) is 0 Å². The Morgan fingerprint density at radius 2 is 1.78 bits per heavy atom. The number of benzene rings is 2. The lowest BCUT2D eigenvalue weighted by Crippen LogP contribution is -2.14. The van der Waals surface area contributed by atoms with Crippen molar-refractivity contribution >= 4 is 11.7 Å². The van der Waals surface area contributed by atoms with Crippen LogP contribution in [0.2, 0.25) is 0 Å². The summed E-state index contributed by atoms with van der Waals surface area (Å²) in [6, 6.07) is 18.3. The minimum atomic E-state index is -0.257. The summed E-state index contributed by atoms with van der Waals surface area (Å²) in [6.07, 6.45) is 1.76. The fraction of sp³-hybridized carbons (Fsp3) is 0.0556. The zero-order chi connectivity index (χ0) is 16.2. The summed E-state index contributed by atoms with van der Waals surface area (Å²) < 4.78 is 1.62.